The number of hydrogen-bond donors (Lipinski definition) is 2. The van der Waals surface area contributed by atoms with Gasteiger partial charge >= 0.3 is 0 Å². The minimum Gasteiger partial charge on any atom is -0.392 e. The Morgan fingerprint density at radius 1 is 1.17 bits per heavy atom. The SMILES string of the molecule is CN(Cc1ccc(CO)cc1)CC1CCNCC1. The van der Waals surface area contributed by atoms with Crippen LogP contribution in [0.3, 0.4) is 0 Å². The molecule has 100 valence electrons. The molecule has 2 rings (SSSR count). The van der Waals surface area contributed by atoms with Crippen molar-refractivity contribution < 1.29 is 5.11 Å². The molecule has 1 heterocycles. The molecule has 0 aromatic heterocycles. The lowest BCUT2D eigenvalue weighted by Crippen LogP contribution is -2.34. The maximum Gasteiger partial charge on any atom is 0.0681 e. The minimum absolute atomic E-state index is 0.130. The van der Waals surface area contributed by atoms with Gasteiger partial charge in [0.15, 0.2) is 0 Å². The highest BCUT2D eigenvalue weighted by Gasteiger charge is 2.14. The number of hydrogen-bond acceptors (Lipinski definition) is 3. The molecule has 0 radical (unpaired) electrons. The van der Waals surface area contributed by atoms with Crippen LogP contribution in [-0.2, 0) is 13.2 Å². The van der Waals surface area contributed by atoms with Crippen molar-refractivity contribution in [2.75, 3.05) is 26.7 Å². The molecular weight excluding hydrogens is 224 g/mol. The van der Waals surface area contributed by atoms with Crippen molar-refractivity contribution in [1.29, 1.82) is 0 Å². The second-order valence-electron chi connectivity index (χ2n) is 5.36. The van der Waals surface area contributed by atoms with Gasteiger partial charge in [0, 0.05) is 13.1 Å². The molecule has 0 atom stereocenters. The zero-order valence-electron chi connectivity index (χ0n) is 11.2. The third kappa shape index (κ3) is 4.09. The molecule has 1 aromatic carbocycles. The predicted molar refractivity (Wildman–Crippen MR) is 74.3 cm³/mol. The molecule has 0 unspecified atom stereocenters. The van der Waals surface area contributed by atoms with Gasteiger partial charge in [-0.3, -0.25) is 0 Å². The lowest BCUT2D eigenvalue weighted by molar-refractivity contribution is 0.234. The van der Waals surface area contributed by atoms with Crippen LogP contribution in [0.25, 0.3) is 0 Å². The standard InChI is InChI=1S/C15H24N2O/c1-17(11-14-6-8-16-9-7-14)10-13-2-4-15(12-18)5-3-13/h2-5,14,16,18H,6-12H2,1H3. The minimum atomic E-state index is 0.130. The van der Waals surface area contributed by atoms with E-state index in [-0.39, 0.29) is 6.61 Å². The van der Waals surface area contributed by atoms with Crippen molar-refractivity contribution in [3.8, 4) is 0 Å². The lowest BCUT2D eigenvalue weighted by atomic mass is 9.97. The summed E-state index contributed by atoms with van der Waals surface area (Å²) in [6.45, 7) is 4.65. The van der Waals surface area contributed by atoms with Crippen LogP contribution in [0, 0.1) is 5.92 Å². The predicted octanol–water partition coefficient (Wildman–Crippen LogP) is 1.61. The van der Waals surface area contributed by atoms with E-state index in [1.165, 1.54) is 38.0 Å². The molecule has 1 fully saturated rings. The number of rotatable bonds is 5. The molecule has 1 aliphatic heterocycles. The molecule has 3 nitrogen and oxygen atoms in total. The Morgan fingerprint density at radius 2 is 1.78 bits per heavy atom. The van der Waals surface area contributed by atoms with Crippen LogP contribution in [-0.4, -0.2) is 36.7 Å². The molecule has 1 aromatic rings. The zero-order chi connectivity index (χ0) is 12.8. The summed E-state index contributed by atoms with van der Waals surface area (Å²) in [4.78, 5) is 2.41. The Bertz CT molecular complexity index is 344. The van der Waals surface area contributed by atoms with Crippen molar-refractivity contribution in [3.63, 3.8) is 0 Å². The summed E-state index contributed by atoms with van der Waals surface area (Å²) in [5.41, 5.74) is 2.31. The first-order valence-electron chi connectivity index (χ1n) is 6.86. The molecule has 0 bridgehead atoms. The van der Waals surface area contributed by atoms with Gasteiger partial charge in [-0.15, -0.1) is 0 Å². The smallest absolute Gasteiger partial charge is 0.0681 e. The zero-order valence-corrected chi connectivity index (χ0v) is 11.2. The molecule has 0 amide bonds. The van der Waals surface area contributed by atoms with Gasteiger partial charge in [0.05, 0.1) is 6.61 Å². The molecule has 1 aliphatic rings. The van der Waals surface area contributed by atoms with Crippen LogP contribution in [0.5, 0.6) is 0 Å². The fourth-order valence-electron chi connectivity index (χ4n) is 2.63. The van der Waals surface area contributed by atoms with Crippen LogP contribution in [0.4, 0.5) is 0 Å². The first kappa shape index (κ1) is 13.5. The van der Waals surface area contributed by atoms with Gasteiger partial charge in [0.25, 0.3) is 0 Å². The second kappa shape index (κ2) is 6.88. The van der Waals surface area contributed by atoms with E-state index in [0.717, 1.165) is 18.0 Å². The van der Waals surface area contributed by atoms with E-state index in [4.69, 9.17) is 5.11 Å². The van der Waals surface area contributed by atoms with Gasteiger partial charge in [-0.05, 0) is 50.0 Å². The van der Waals surface area contributed by atoms with Crippen molar-refractivity contribution in [3.05, 3.63) is 35.4 Å². The third-order valence-corrected chi connectivity index (χ3v) is 3.69. The van der Waals surface area contributed by atoms with Crippen LogP contribution >= 0.6 is 0 Å². The summed E-state index contributed by atoms with van der Waals surface area (Å²) in [6, 6.07) is 8.25. The molecule has 2 N–H and O–H groups in total. The topological polar surface area (TPSA) is 35.5 Å². The van der Waals surface area contributed by atoms with Gasteiger partial charge in [-0.1, -0.05) is 24.3 Å². The summed E-state index contributed by atoms with van der Waals surface area (Å²) in [5, 5.41) is 12.4. The molecule has 0 saturated carbocycles. The van der Waals surface area contributed by atoms with E-state index in [1.807, 2.05) is 12.1 Å². The Balaban J connectivity index is 1.80. The Morgan fingerprint density at radius 3 is 2.39 bits per heavy atom. The summed E-state index contributed by atoms with van der Waals surface area (Å²) in [5.74, 6) is 0.841. The highest BCUT2D eigenvalue weighted by Crippen LogP contribution is 2.14. The molecule has 3 heteroatoms. The fraction of sp³-hybridized carbons (Fsp3) is 0.600. The first-order chi connectivity index (χ1) is 8.78. The van der Waals surface area contributed by atoms with Gasteiger partial charge in [-0.2, -0.15) is 0 Å². The van der Waals surface area contributed by atoms with Crippen molar-refractivity contribution in [2.45, 2.75) is 26.0 Å². The summed E-state index contributed by atoms with van der Waals surface area (Å²) < 4.78 is 0. The second-order valence-corrected chi connectivity index (χ2v) is 5.36. The van der Waals surface area contributed by atoms with Crippen LogP contribution in [0.1, 0.15) is 24.0 Å². The van der Waals surface area contributed by atoms with E-state index in [0.29, 0.717) is 0 Å². The van der Waals surface area contributed by atoms with E-state index < -0.39 is 0 Å². The number of benzene rings is 1. The van der Waals surface area contributed by atoms with Crippen molar-refractivity contribution >= 4 is 0 Å². The van der Waals surface area contributed by atoms with Crippen LogP contribution < -0.4 is 5.32 Å². The fourth-order valence-corrected chi connectivity index (χ4v) is 2.63. The number of aliphatic hydroxyl groups is 1. The molecular formula is C15H24N2O. The summed E-state index contributed by atoms with van der Waals surface area (Å²) in [6.07, 6.45) is 2.60. The van der Waals surface area contributed by atoms with Gasteiger partial charge in [-0.25, -0.2) is 0 Å². The number of nitrogens with one attached hydrogen (secondary N) is 1. The molecule has 0 aliphatic carbocycles. The lowest BCUT2D eigenvalue weighted by Gasteiger charge is -2.27. The average Bonchev–Trinajstić information content (AvgIpc) is 2.40. The highest BCUT2D eigenvalue weighted by atomic mass is 16.3. The Labute approximate surface area is 110 Å². The van der Waals surface area contributed by atoms with Crippen LogP contribution in [0.2, 0.25) is 0 Å². The summed E-state index contributed by atoms with van der Waals surface area (Å²) >= 11 is 0. The average molecular weight is 248 g/mol. The maximum atomic E-state index is 9.01. The molecule has 0 spiro atoms. The number of aliphatic hydroxyl groups excluding tert-OH is 1. The Hall–Kier alpha value is -0.900. The summed E-state index contributed by atoms with van der Waals surface area (Å²) in [7, 11) is 2.20. The molecule has 1 saturated heterocycles. The third-order valence-electron chi connectivity index (χ3n) is 3.69. The normalized spacial score (nSPS) is 17.3. The number of piperidine rings is 1. The molecule has 18 heavy (non-hydrogen) atoms. The monoisotopic (exact) mass is 248 g/mol. The number of nitrogens with zero attached hydrogens (tertiary/aromatic N) is 1. The van der Waals surface area contributed by atoms with E-state index in [1.54, 1.807) is 0 Å². The highest BCUT2D eigenvalue weighted by molar-refractivity contribution is 5.21. The largest absolute Gasteiger partial charge is 0.392 e. The van der Waals surface area contributed by atoms with Crippen molar-refractivity contribution in [2.24, 2.45) is 5.92 Å². The maximum absolute atomic E-state index is 9.01. The van der Waals surface area contributed by atoms with E-state index in [9.17, 15) is 0 Å². The van der Waals surface area contributed by atoms with Crippen molar-refractivity contribution in [1.82, 2.24) is 10.2 Å². The van der Waals surface area contributed by atoms with Gasteiger partial charge < -0.3 is 15.3 Å². The Kier molecular flexibility index (Phi) is 5.17. The first-order valence-corrected chi connectivity index (χ1v) is 6.86. The van der Waals surface area contributed by atoms with Crippen LogP contribution in [0.15, 0.2) is 24.3 Å². The quantitative estimate of drug-likeness (QED) is 0.831. The van der Waals surface area contributed by atoms with Gasteiger partial charge in [0.1, 0.15) is 0 Å². The van der Waals surface area contributed by atoms with E-state index in [2.05, 4.69) is 29.4 Å². The van der Waals surface area contributed by atoms with Gasteiger partial charge in [0.2, 0.25) is 0 Å². The van der Waals surface area contributed by atoms with E-state index >= 15 is 0 Å².